The fourth-order valence-corrected chi connectivity index (χ4v) is 0.546. The van der Waals surface area contributed by atoms with E-state index in [2.05, 4.69) is 16.7 Å². The number of hydrogen-bond acceptors (Lipinski definition) is 3. The summed E-state index contributed by atoms with van der Waals surface area (Å²) >= 11 is 0. The fourth-order valence-electron chi connectivity index (χ4n) is 0.546. The van der Waals surface area contributed by atoms with Gasteiger partial charge in [0, 0.05) is 6.20 Å². The first-order chi connectivity index (χ1) is 4.86. The van der Waals surface area contributed by atoms with Gasteiger partial charge in [-0.1, -0.05) is 0 Å². The molecule has 0 radical (unpaired) electrons. The minimum absolute atomic E-state index is 0.535. The molecule has 0 bridgehead atoms. The molecular formula is C7H5N3. The molecule has 0 amide bonds. The second-order valence-corrected chi connectivity index (χ2v) is 1.67. The van der Waals surface area contributed by atoms with Crippen molar-refractivity contribution in [1.29, 1.82) is 5.26 Å². The molecule has 1 heterocycles. The molecule has 0 N–H and O–H groups in total. The van der Waals surface area contributed by atoms with Crippen LogP contribution in [-0.4, -0.2) is 11.7 Å². The van der Waals surface area contributed by atoms with Crippen LogP contribution in [0.2, 0.25) is 0 Å². The highest BCUT2D eigenvalue weighted by molar-refractivity contribution is 5.41. The van der Waals surface area contributed by atoms with Crippen LogP contribution in [0.15, 0.2) is 23.3 Å². The molecule has 1 aromatic rings. The summed E-state index contributed by atoms with van der Waals surface area (Å²) in [5.74, 6) is 0.541. The van der Waals surface area contributed by atoms with Gasteiger partial charge in [0.15, 0.2) is 5.82 Å². The van der Waals surface area contributed by atoms with E-state index in [0.29, 0.717) is 11.4 Å². The summed E-state index contributed by atoms with van der Waals surface area (Å²) < 4.78 is 0. The number of aliphatic imine (C=N–C) groups is 1. The van der Waals surface area contributed by atoms with Crippen molar-refractivity contribution in [2.75, 3.05) is 0 Å². The molecule has 0 aliphatic heterocycles. The maximum Gasteiger partial charge on any atom is 0.151 e. The van der Waals surface area contributed by atoms with Crippen molar-refractivity contribution in [3.05, 3.63) is 23.9 Å². The maximum absolute atomic E-state index is 8.36. The number of hydrogen-bond donors (Lipinski definition) is 0. The standard InChI is InChI=1S/C7H5N3/c1-9-7-3-2-6(4-8)5-10-7/h2-3,5H,1H2. The SMILES string of the molecule is C=Nc1ccc(C#N)cn1. The minimum atomic E-state index is 0.535. The first-order valence-corrected chi connectivity index (χ1v) is 2.69. The van der Waals surface area contributed by atoms with Crippen LogP contribution in [0.5, 0.6) is 0 Å². The van der Waals surface area contributed by atoms with Gasteiger partial charge >= 0.3 is 0 Å². The van der Waals surface area contributed by atoms with Gasteiger partial charge in [-0.2, -0.15) is 5.26 Å². The van der Waals surface area contributed by atoms with E-state index in [4.69, 9.17) is 5.26 Å². The Morgan fingerprint density at radius 1 is 1.60 bits per heavy atom. The van der Waals surface area contributed by atoms with Crippen molar-refractivity contribution in [2.45, 2.75) is 0 Å². The van der Waals surface area contributed by atoms with Gasteiger partial charge < -0.3 is 0 Å². The molecule has 1 rings (SSSR count). The maximum atomic E-state index is 8.36. The molecule has 0 saturated carbocycles. The average molecular weight is 131 g/mol. The second kappa shape index (κ2) is 2.74. The van der Waals surface area contributed by atoms with Crippen molar-refractivity contribution in [3.8, 4) is 6.07 Å². The van der Waals surface area contributed by atoms with E-state index in [1.165, 1.54) is 6.20 Å². The Kier molecular flexibility index (Phi) is 1.76. The summed E-state index contributed by atoms with van der Waals surface area (Å²) in [4.78, 5) is 7.39. The minimum Gasteiger partial charge on any atom is -0.245 e. The first kappa shape index (κ1) is 6.43. The summed E-state index contributed by atoms with van der Waals surface area (Å²) in [5, 5.41) is 8.36. The van der Waals surface area contributed by atoms with Gasteiger partial charge in [0.2, 0.25) is 0 Å². The quantitative estimate of drug-likeness (QED) is 0.539. The third-order valence-corrected chi connectivity index (χ3v) is 1.04. The van der Waals surface area contributed by atoms with Crippen molar-refractivity contribution in [2.24, 2.45) is 4.99 Å². The molecule has 10 heavy (non-hydrogen) atoms. The largest absolute Gasteiger partial charge is 0.245 e. The molecular weight excluding hydrogens is 126 g/mol. The van der Waals surface area contributed by atoms with E-state index in [0.717, 1.165) is 0 Å². The lowest BCUT2D eigenvalue weighted by Gasteiger charge is -1.88. The van der Waals surface area contributed by atoms with Gasteiger partial charge in [-0.05, 0) is 18.9 Å². The Hall–Kier alpha value is -1.69. The van der Waals surface area contributed by atoms with Gasteiger partial charge in [0.1, 0.15) is 6.07 Å². The van der Waals surface area contributed by atoms with Crippen molar-refractivity contribution in [3.63, 3.8) is 0 Å². The zero-order valence-corrected chi connectivity index (χ0v) is 5.28. The molecule has 3 nitrogen and oxygen atoms in total. The lowest BCUT2D eigenvalue weighted by molar-refractivity contribution is 1.26. The number of aromatic nitrogens is 1. The zero-order chi connectivity index (χ0) is 7.40. The Balaban J connectivity index is 3.04. The summed E-state index contributed by atoms with van der Waals surface area (Å²) in [5.41, 5.74) is 0.535. The number of nitriles is 1. The van der Waals surface area contributed by atoms with Gasteiger partial charge in [0.05, 0.1) is 5.56 Å². The number of pyridine rings is 1. The predicted octanol–water partition coefficient (Wildman–Crippen LogP) is 1.29. The molecule has 1 aromatic heterocycles. The van der Waals surface area contributed by atoms with E-state index in [9.17, 15) is 0 Å². The van der Waals surface area contributed by atoms with Gasteiger partial charge in [-0.25, -0.2) is 9.98 Å². The summed E-state index contributed by atoms with van der Waals surface area (Å²) in [7, 11) is 0. The van der Waals surface area contributed by atoms with Crippen LogP contribution in [0, 0.1) is 11.3 Å². The molecule has 0 unspecified atom stereocenters. The van der Waals surface area contributed by atoms with Crippen LogP contribution < -0.4 is 0 Å². The van der Waals surface area contributed by atoms with Crippen LogP contribution in [0.3, 0.4) is 0 Å². The van der Waals surface area contributed by atoms with Crippen LogP contribution in [0.1, 0.15) is 5.56 Å². The first-order valence-electron chi connectivity index (χ1n) is 2.69. The van der Waals surface area contributed by atoms with Crippen molar-refractivity contribution < 1.29 is 0 Å². The van der Waals surface area contributed by atoms with Gasteiger partial charge in [-0.3, -0.25) is 0 Å². The second-order valence-electron chi connectivity index (χ2n) is 1.67. The zero-order valence-electron chi connectivity index (χ0n) is 5.28. The Morgan fingerprint density at radius 2 is 2.40 bits per heavy atom. The van der Waals surface area contributed by atoms with Crippen LogP contribution in [-0.2, 0) is 0 Å². The Bertz CT molecular complexity index is 268. The Labute approximate surface area is 58.7 Å². The third-order valence-electron chi connectivity index (χ3n) is 1.04. The normalized spacial score (nSPS) is 8.30. The monoisotopic (exact) mass is 131 g/mol. The van der Waals surface area contributed by atoms with E-state index in [1.54, 1.807) is 12.1 Å². The van der Waals surface area contributed by atoms with E-state index >= 15 is 0 Å². The molecule has 3 heteroatoms. The highest BCUT2D eigenvalue weighted by Gasteiger charge is 1.89. The molecule has 0 fully saturated rings. The molecule has 0 atom stereocenters. The fraction of sp³-hybridized carbons (Fsp3) is 0. The molecule has 0 spiro atoms. The predicted molar refractivity (Wildman–Crippen MR) is 38.2 cm³/mol. The summed E-state index contributed by atoms with van der Waals surface area (Å²) in [6.45, 7) is 3.29. The number of nitrogens with zero attached hydrogens (tertiary/aromatic N) is 3. The molecule has 0 aliphatic carbocycles. The van der Waals surface area contributed by atoms with Crippen LogP contribution in [0.25, 0.3) is 0 Å². The lowest BCUT2D eigenvalue weighted by atomic mass is 10.3. The highest BCUT2D eigenvalue weighted by Crippen LogP contribution is 2.05. The molecule has 0 aliphatic rings. The Morgan fingerprint density at radius 3 is 2.80 bits per heavy atom. The average Bonchev–Trinajstić information content (AvgIpc) is 2.05. The van der Waals surface area contributed by atoms with E-state index in [1.807, 2.05) is 6.07 Å². The molecule has 0 saturated heterocycles. The smallest absolute Gasteiger partial charge is 0.151 e. The van der Waals surface area contributed by atoms with Crippen molar-refractivity contribution >= 4 is 12.5 Å². The molecule has 48 valence electrons. The van der Waals surface area contributed by atoms with Gasteiger partial charge in [0.25, 0.3) is 0 Å². The highest BCUT2D eigenvalue weighted by atomic mass is 14.9. The van der Waals surface area contributed by atoms with E-state index < -0.39 is 0 Å². The lowest BCUT2D eigenvalue weighted by Crippen LogP contribution is -1.75. The third kappa shape index (κ3) is 1.17. The topological polar surface area (TPSA) is 49.0 Å². The van der Waals surface area contributed by atoms with Crippen LogP contribution in [0.4, 0.5) is 5.82 Å². The van der Waals surface area contributed by atoms with Crippen molar-refractivity contribution in [1.82, 2.24) is 4.98 Å². The van der Waals surface area contributed by atoms with Gasteiger partial charge in [-0.15, -0.1) is 0 Å². The van der Waals surface area contributed by atoms with E-state index in [-0.39, 0.29) is 0 Å². The summed E-state index contributed by atoms with van der Waals surface area (Å²) in [6, 6.07) is 5.25. The number of rotatable bonds is 1. The summed E-state index contributed by atoms with van der Waals surface area (Å²) in [6.07, 6.45) is 1.46. The molecule has 0 aromatic carbocycles. The van der Waals surface area contributed by atoms with Crippen LogP contribution >= 0.6 is 0 Å².